The van der Waals surface area contributed by atoms with Gasteiger partial charge in [-0.15, -0.1) is 0 Å². The molecule has 1 aliphatic rings. The highest BCUT2D eigenvalue weighted by Crippen LogP contribution is 2.33. The number of rotatable bonds is 1. The van der Waals surface area contributed by atoms with Gasteiger partial charge >= 0.3 is 0 Å². The predicted octanol–water partition coefficient (Wildman–Crippen LogP) is 3.56. The van der Waals surface area contributed by atoms with Gasteiger partial charge in [0.05, 0.1) is 0 Å². The van der Waals surface area contributed by atoms with Crippen molar-refractivity contribution in [1.82, 2.24) is 9.88 Å². The van der Waals surface area contributed by atoms with E-state index in [1.165, 1.54) is 35.0 Å². The highest BCUT2D eigenvalue weighted by molar-refractivity contribution is 6.31. The van der Waals surface area contributed by atoms with E-state index in [0.29, 0.717) is 6.04 Å². The van der Waals surface area contributed by atoms with E-state index < -0.39 is 0 Å². The van der Waals surface area contributed by atoms with Crippen molar-refractivity contribution in [3.05, 3.63) is 34.5 Å². The smallest absolute Gasteiger partial charge is 0.0484 e. The molecule has 2 nitrogen and oxygen atoms in total. The van der Waals surface area contributed by atoms with Crippen molar-refractivity contribution in [2.24, 2.45) is 7.05 Å². The lowest BCUT2D eigenvalue weighted by atomic mass is 10.1. The number of benzene rings is 1. The number of nitrogens with zero attached hydrogens (tertiary/aromatic N) is 1. The summed E-state index contributed by atoms with van der Waals surface area (Å²) in [5, 5.41) is 5.67. The number of nitrogens with one attached hydrogen (secondary N) is 1. The Morgan fingerprint density at radius 1 is 1.41 bits per heavy atom. The van der Waals surface area contributed by atoms with E-state index in [1.807, 2.05) is 6.07 Å². The van der Waals surface area contributed by atoms with Crippen LogP contribution >= 0.6 is 11.6 Å². The van der Waals surface area contributed by atoms with E-state index in [0.717, 1.165) is 11.6 Å². The highest BCUT2D eigenvalue weighted by Gasteiger charge is 2.23. The minimum Gasteiger partial charge on any atom is -0.346 e. The third-order valence-electron chi connectivity index (χ3n) is 3.86. The minimum atomic E-state index is 0.506. The van der Waals surface area contributed by atoms with E-state index >= 15 is 0 Å². The van der Waals surface area contributed by atoms with Crippen LogP contribution in [0.15, 0.2) is 18.2 Å². The number of halogens is 1. The molecule has 1 aromatic carbocycles. The average molecular weight is 249 g/mol. The van der Waals surface area contributed by atoms with Crippen LogP contribution in [-0.2, 0) is 7.05 Å². The highest BCUT2D eigenvalue weighted by atomic mass is 35.5. The van der Waals surface area contributed by atoms with E-state index in [2.05, 4.69) is 36.0 Å². The first-order valence-electron chi connectivity index (χ1n) is 6.16. The Balaban J connectivity index is 2.24. The molecule has 1 saturated heterocycles. The van der Waals surface area contributed by atoms with Crippen LogP contribution in [0.5, 0.6) is 0 Å². The zero-order valence-electron chi connectivity index (χ0n) is 10.3. The van der Waals surface area contributed by atoms with Crippen molar-refractivity contribution in [3.63, 3.8) is 0 Å². The summed E-state index contributed by atoms with van der Waals surface area (Å²) in [6.45, 7) is 3.33. The molecule has 0 bridgehead atoms. The van der Waals surface area contributed by atoms with Gasteiger partial charge in [-0.05, 0) is 50.1 Å². The Kier molecular flexibility index (Phi) is 2.64. The Morgan fingerprint density at radius 3 is 2.94 bits per heavy atom. The molecule has 2 heterocycles. The molecule has 0 aliphatic carbocycles. The van der Waals surface area contributed by atoms with Crippen LogP contribution in [0.25, 0.3) is 10.9 Å². The molecular weight excluding hydrogens is 232 g/mol. The molecule has 1 fully saturated rings. The zero-order chi connectivity index (χ0) is 12.0. The van der Waals surface area contributed by atoms with Crippen LogP contribution in [-0.4, -0.2) is 11.1 Å². The second-order valence-corrected chi connectivity index (χ2v) is 5.32. The molecule has 90 valence electrons. The summed E-state index contributed by atoms with van der Waals surface area (Å²) in [5.74, 6) is 0. The predicted molar refractivity (Wildman–Crippen MR) is 72.6 cm³/mol. The van der Waals surface area contributed by atoms with E-state index in [9.17, 15) is 0 Å². The third-order valence-corrected chi connectivity index (χ3v) is 4.10. The van der Waals surface area contributed by atoms with Gasteiger partial charge in [0, 0.05) is 34.7 Å². The van der Waals surface area contributed by atoms with Crippen molar-refractivity contribution in [1.29, 1.82) is 0 Å². The van der Waals surface area contributed by atoms with E-state index in [-0.39, 0.29) is 0 Å². The summed E-state index contributed by atoms with van der Waals surface area (Å²) in [5.41, 5.74) is 4.06. The molecule has 0 amide bonds. The molecule has 1 atom stereocenters. The summed E-state index contributed by atoms with van der Waals surface area (Å²) in [7, 11) is 2.15. The van der Waals surface area contributed by atoms with Crippen LogP contribution < -0.4 is 5.32 Å². The van der Waals surface area contributed by atoms with E-state index in [4.69, 9.17) is 11.6 Å². The minimum absolute atomic E-state index is 0.506. The van der Waals surface area contributed by atoms with Crippen LogP contribution in [0.3, 0.4) is 0 Å². The molecule has 1 aromatic heterocycles. The molecule has 1 aliphatic heterocycles. The average Bonchev–Trinajstić information content (AvgIpc) is 2.88. The van der Waals surface area contributed by atoms with Gasteiger partial charge in [0.25, 0.3) is 0 Å². The van der Waals surface area contributed by atoms with Crippen molar-refractivity contribution < 1.29 is 0 Å². The number of hydrogen-bond acceptors (Lipinski definition) is 1. The summed E-state index contributed by atoms with van der Waals surface area (Å²) in [6, 6.07) is 6.66. The van der Waals surface area contributed by atoms with Crippen molar-refractivity contribution in [2.45, 2.75) is 25.8 Å². The van der Waals surface area contributed by atoms with Gasteiger partial charge < -0.3 is 9.88 Å². The molecular formula is C14H17ClN2. The quantitative estimate of drug-likeness (QED) is 0.817. The molecule has 0 saturated carbocycles. The number of aryl methyl sites for hydroxylation is 2. The van der Waals surface area contributed by atoms with Gasteiger partial charge in [-0.3, -0.25) is 0 Å². The maximum atomic E-state index is 6.09. The molecule has 0 spiro atoms. The van der Waals surface area contributed by atoms with Gasteiger partial charge in [0.2, 0.25) is 0 Å². The van der Waals surface area contributed by atoms with Gasteiger partial charge in [-0.2, -0.15) is 0 Å². The van der Waals surface area contributed by atoms with Gasteiger partial charge in [-0.25, -0.2) is 0 Å². The fourth-order valence-corrected chi connectivity index (χ4v) is 3.21. The Hall–Kier alpha value is -0.990. The van der Waals surface area contributed by atoms with Crippen molar-refractivity contribution in [3.8, 4) is 0 Å². The maximum absolute atomic E-state index is 6.09. The fraction of sp³-hybridized carbons (Fsp3) is 0.429. The lowest BCUT2D eigenvalue weighted by Crippen LogP contribution is -2.16. The Morgan fingerprint density at radius 2 is 2.24 bits per heavy atom. The molecule has 3 heteroatoms. The topological polar surface area (TPSA) is 17.0 Å². The zero-order valence-corrected chi connectivity index (χ0v) is 11.0. The summed E-state index contributed by atoms with van der Waals surface area (Å²) >= 11 is 6.09. The summed E-state index contributed by atoms with van der Waals surface area (Å²) in [4.78, 5) is 0. The maximum Gasteiger partial charge on any atom is 0.0484 e. The Bertz CT molecular complexity index is 565. The standard InChI is InChI=1S/C14H17ClN2/c1-9-11-8-10(15)5-6-13(11)17(2)14(9)12-4-3-7-16-12/h5-6,8,12,16H,3-4,7H2,1-2H3. The Labute approximate surface area is 107 Å². The largest absolute Gasteiger partial charge is 0.346 e. The van der Waals surface area contributed by atoms with Crippen LogP contribution in [0, 0.1) is 6.92 Å². The first-order valence-corrected chi connectivity index (χ1v) is 6.54. The van der Waals surface area contributed by atoms with Crippen LogP contribution in [0.1, 0.15) is 30.1 Å². The second-order valence-electron chi connectivity index (χ2n) is 4.88. The lowest BCUT2D eigenvalue weighted by molar-refractivity contribution is 0.600. The van der Waals surface area contributed by atoms with E-state index in [1.54, 1.807) is 0 Å². The monoisotopic (exact) mass is 248 g/mol. The second kappa shape index (κ2) is 4.04. The fourth-order valence-electron chi connectivity index (χ4n) is 3.03. The molecule has 3 rings (SSSR count). The van der Waals surface area contributed by atoms with Crippen molar-refractivity contribution in [2.75, 3.05) is 6.54 Å². The van der Waals surface area contributed by atoms with Crippen LogP contribution in [0.2, 0.25) is 5.02 Å². The molecule has 0 radical (unpaired) electrons. The van der Waals surface area contributed by atoms with Gasteiger partial charge in [0.15, 0.2) is 0 Å². The molecule has 1 N–H and O–H groups in total. The summed E-state index contributed by atoms with van der Waals surface area (Å²) < 4.78 is 2.31. The van der Waals surface area contributed by atoms with Crippen LogP contribution in [0.4, 0.5) is 0 Å². The normalized spacial score (nSPS) is 20.3. The third kappa shape index (κ3) is 1.67. The summed E-state index contributed by atoms with van der Waals surface area (Å²) in [6.07, 6.45) is 2.51. The van der Waals surface area contributed by atoms with Gasteiger partial charge in [0.1, 0.15) is 0 Å². The number of aromatic nitrogens is 1. The van der Waals surface area contributed by atoms with Crippen molar-refractivity contribution >= 4 is 22.5 Å². The first kappa shape index (κ1) is 11.1. The number of fused-ring (bicyclic) bond motifs is 1. The number of hydrogen-bond donors (Lipinski definition) is 1. The molecule has 2 aromatic rings. The first-order chi connectivity index (χ1) is 8.18. The SMILES string of the molecule is Cc1c(C2CCCN2)n(C)c2ccc(Cl)cc12. The molecule has 1 unspecified atom stereocenters. The molecule has 17 heavy (non-hydrogen) atoms. The van der Waals surface area contributed by atoms with Gasteiger partial charge in [-0.1, -0.05) is 11.6 Å². The lowest BCUT2D eigenvalue weighted by Gasteiger charge is -2.13.